The Balaban J connectivity index is 1.67. The van der Waals surface area contributed by atoms with Gasteiger partial charge in [0, 0.05) is 24.7 Å². The Morgan fingerprint density at radius 1 is 0.839 bits per heavy atom. The van der Waals surface area contributed by atoms with Gasteiger partial charge >= 0.3 is 0 Å². The average molecular weight is 442 g/mol. The lowest BCUT2D eigenvalue weighted by Gasteiger charge is -2.26. The average Bonchev–Trinajstić information content (AvgIpc) is 2.79. The van der Waals surface area contributed by atoms with Crippen LogP contribution in [0.25, 0.3) is 0 Å². The summed E-state index contributed by atoms with van der Waals surface area (Å²) in [6.07, 6.45) is -0.653. The van der Waals surface area contributed by atoms with Crippen LogP contribution in [-0.2, 0) is 13.1 Å². The monoisotopic (exact) mass is 441 g/mol. The Morgan fingerprint density at radius 3 is 2.19 bits per heavy atom. The second-order valence-corrected chi connectivity index (χ2v) is 7.70. The Labute approximate surface area is 188 Å². The van der Waals surface area contributed by atoms with Crippen LogP contribution in [0.3, 0.4) is 0 Å². The molecule has 31 heavy (non-hydrogen) atoms. The molecule has 0 fully saturated rings. The van der Waals surface area contributed by atoms with E-state index in [4.69, 9.17) is 25.8 Å². The molecule has 1 atom stereocenters. The van der Waals surface area contributed by atoms with Gasteiger partial charge in [-0.25, -0.2) is 0 Å². The summed E-state index contributed by atoms with van der Waals surface area (Å²) in [7, 11) is 3.25. The maximum absolute atomic E-state index is 10.6. The van der Waals surface area contributed by atoms with Gasteiger partial charge in [-0.1, -0.05) is 48.0 Å². The minimum Gasteiger partial charge on any atom is -0.493 e. The van der Waals surface area contributed by atoms with Crippen molar-refractivity contribution < 1.29 is 19.3 Å². The number of benzene rings is 3. The first kappa shape index (κ1) is 22.9. The van der Waals surface area contributed by atoms with Crippen molar-refractivity contribution in [2.75, 3.05) is 27.4 Å². The highest BCUT2D eigenvalue weighted by Crippen LogP contribution is 2.28. The zero-order chi connectivity index (χ0) is 22.1. The van der Waals surface area contributed by atoms with Crippen molar-refractivity contribution in [2.45, 2.75) is 19.2 Å². The first-order chi connectivity index (χ1) is 15.1. The fraction of sp³-hybridized carbons (Fsp3) is 0.280. The number of methoxy groups -OCH3 is 2. The molecule has 0 spiro atoms. The van der Waals surface area contributed by atoms with E-state index >= 15 is 0 Å². The van der Waals surface area contributed by atoms with E-state index < -0.39 is 6.10 Å². The fourth-order valence-corrected chi connectivity index (χ4v) is 3.46. The van der Waals surface area contributed by atoms with Crippen molar-refractivity contribution in [3.05, 3.63) is 88.9 Å². The molecular formula is C25H28ClNO4. The first-order valence-corrected chi connectivity index (χ1v) is 10.5. The normalized spacial score (nSPS) is 11.9. The van der Waals surface area contributed by atoms with Crippen molar-refractivity contribution in [1.82, 2.24) is 4.90 Å². The van der Waals surface area contributed by atoms with Gasteiger partial charge in [0.25, 0.3) is 0 Å². The van der Waals surface area contributed by atoms with Crippen LogP contribution < -0.4 is 14.2 Å². The van der Waals surface area contributed by atoms with Crippen LogP contribution in [0.2, 0.25) is 5.02 Å². The third-order valence-corrected chi connectivity index (χ3v) is 5.08. The maximum Gasteiger partial charge on any atom is 0.161 e. The van der Waals surface area contributed by atoms with Crippen molar-refractivity contribution >= 4 is 11.6 Å². The SMILES string of the molecule is COc1ccc(CN(Cc2ccccc2)CC(O)COc2ccc(Cl)cc2)cc1OC. The fourth-order valence-electron chi connectivity index (χ4n) is 3.34. The molecule has 5 nitrogen and oxygen atoms in total. The molecule has 164 valence electrons. The number of ether oxygens (including phenoxy) is 3. The Hall–Kier alpha value is -2.73. The molecular weight excluding hydrogens is 414 g/mol. The molecule has 0 aliphatic carbocycles. The number of halogens is 1. The number of hydrogen-bond donors (Lipinski definition) is 1. The Morgan fingerprint density at radius 2 is 1.52 bits per heavy atom. The Bertz CT molecular complexity index is 934. The number of rotatable bonds is 11. The van der Waals surface area contributed by atoms with E-state index in [9.17, 15) is 5.11 Å². The zero-order valence-electron chi connectivity index (χ0n) is 17.8. The van der Waals surface area contributed by atoms with Gasteiger partial charge in [0.2, 0.25) is 0 Å². The second kappa shape index (κ2) is 11.6. The van der Waals surface area contributed by atoms with Crippen molar-refractivity contribution in [3.63, 3.8) is 0 Å². The van der Waals surface area contributed by atoms with Gasteiger partial charge < -0.3 is 19.3 Å². The van der Waals surface area contributed by atoms with Gasteiger partial charge in [0.05, 0.1) is 14.2 Å². The molecule has 0 aromatic heterocycles. The second-order valence-electron chi connectivity index (χ2n) is 7.26. The summed E-state index contributed by atoms with van der Waals surface area (Å²) in [6.45, 7) is 2.00. The van der Waals surface area contributed by atoms with Crippen molar-refractivity contribution in [2.24, 2.45) is 0 Å². The van der Waals surface area contributed by atoms with Crippen LogP contribution in [0.15, 0.2) is 72.8 Å². The lowest BCUT2D eigenvalue weighted by atomic mass is 10.1. The van der Waals surface area contributed by atoms with Gasteiger partial charge in [-0.15, -0.1) is 0 Å². The predicted molar refractivity (Wildman–Crippen MR) is 123 cm³/mol. The van der Waals surface area contributed by atoms with Crippen LogP contribution in [0.1, 0.15) is 11.1 Å². The maximum atomic E-state index is 10.6. The lowest BCUT2D eigenvalue weighted by Crippen LogP contribution is -2.35. The summed E-state index contributed by atoms with van der Waals surface area (Å²) in [5.41, 5.74) is 2.24. The minimum absolute atomic E-state index is 0.193. The number of nitrogens with zero attached hydrogens (tertiary/aromatic N) is 1. The molecule has 0 radical (unpaired) electrons. The number of hydrogen-bond acceptors (Lipinski definition) is 5. The highest BCUT2D eigenvalue weighted by atomic mass is 35.5. The molecule has 0 aliphatic heterocycles. The predicted octanol–water partition coefficient (Wildman–Crippen LogP) is 4.80. The molecule has 3 aromatic rings. The van der Waals surface area contributed by atoms with E-state index in [-0.39, 0.29) is 6.61 Å². The summed E-state index contributed by atoms with van der Waals surface area (Å²) in [6, 6.07) is 23.2. The first-order valence-electron chi connectivity index (χ1n) is 10.1. The third-order valence-electron chi connectivity index (χ3n) is 4.83. The molecule has 0 amide bonds. The van der Waals surface area contributed by atoms with E-state index in [2.05, 4.69) is 17.0 Å². The molecule has 1 N–H and O–H groups in total. The van der Waals surface area contributed by atoms with Crippen LogP contribution in [0, 0.1) is 0 Å². The summed E-state index contributed by atoms with van der Waals surface area (Å²) in [4.78, 5) is 2.19. The lowest BCUT2D eigenvalue weighted by molar-refractivity contribution is 0.0628. The molecule has 3 aromatic carbocycles. The molecule has 0 saturated heterocycles. The largest absolute Gasteiger partial charge is 0.493 e. The van der Waals surface area contributed by atoms with Crippen LogP contribution >= 0.6 is 11.6 Å². The topological polar surface area (TPSA) is 51.2 Å². The van der Waals surface area contributed by atoms with E-state index in [1.165, 1.54) is 5.56 Å². The molecule has 6 heteroatoms. The van der Waals surface area contributed by atoms with E-state index in [1.54, 1.807) is 38.5 Å². The van der Waals surface area contributed by atoms with Gasteiger partial charge in [-0.05, 0) is 47.5 Å². The van der Waals surface area contributed by atoms with Crippen molar-refractivity contribution in [1.29, 1.82) is 0 Å². The van der Waals surface area contributed by atoms with Gasteiger partial charge in [0.1, 0.15) is 18.5 Å². The Kier molecular flexibility index (Phi) is 8.59. The van der Waals surface area contributed by atoms with Crippen LogP contribution in [0.4, 0.5) is 0 Å². The number of aliphatic hydroxyl groups is 1. The minimum atomic E-state index is -0.653. The molecule has 0 bridgehead atoms. The van der Waals surface area contributed by atoms with E-state index in [0.717, 1.165) is 5.56 Å². The van der Waals surface area contributed by atoms with E-state index in [0.29, 0.717) is 41.9 Å². The summed E-state index contributed by atoms with van der Waals surface area (Å²) >= 11 is 5.91. The van der Waals surface area contributed by atoms with Crippen LogP contribution in [-0.4, -0.2) is 43.5 Å². The van der Waals surface area contributed by atoms with Gasteiger partial charge in [-0.2, -0.15) is 0 Å². The molecule has 0 saturated carbocycles. The smallest absolute Gasteiger partial charge is 0.161 e. The van der Waals surface area contributed by atoms with E-state index in [1.807, 2.05) is 36.4 Å². The standard InChI is InChI=1S/C25H28ClNO4/c1-29-24-13-8-20(14-25(24)30-2)16-27(15-19-6-4-3-5-7-19)17-22(28)18-31-23-11-9-21(26)10-12-23/h3-14,22,28H,15-18H2,1-2H3. The van der Waals surface area contributed by atoms with Gasteiger partial charge in [0.15, 0.2) is 11.5 Å². The quantitative estimate of drug-likeness (QED) is 0.463. The van der Waals surface area contributed by atoms with Gasteiger partial charge in [-0.3, -0.25) is 4.90 Å². The molecule has 0 heterocycles. The highest BCUT2D eigenvalue weighted by Gasteiger charge is 2.15. The van der Waals surface area contributed by atoms with Crippen molar-refractivity contribution in [3.8, 4) is 17.2 Å². The summed E-state index contributed by atoms with van der Waals surface area (Å²) in [5, 5.41) is 11.3. The zero-order valence-corrected chi connectivity index (χ0v) is 18.6. The summed E-state index contributed by atoms with van der Waals surface area (Å²) < 4.78 is 16.5. The number of aliphatic hydroxyl groups excluding tert-OH is 1. The molecule has 1 unspecified atom stereocenters. The molecule has 0 aliphatic rings. The summed E-state index contributed by atoms with van der Waals surface area (Å²) in [5.74, 6) is 2.06. The highest BCUT2D eigenvalue weighted by molar-refractivity contribution is 6.30. The third kappa shape index (κ3) is 7.17. The van der Waals surface area contributed by atoms with Crippen LogP contribution in [0.5, 0.6) is 17.2 Å². The molecule has 3 rings (SSSR count).